The summed E-state index contributed by atoms with van der Waals surface area (Å²) in [6.45, 7) is 4.15. The first-order valence-electron chi connectivity index (χ1n) is 9.35. The van der Waals surface area contributed by atoms with Crippen molar-refractivity contribution in [2.75, 3.05) is 6.54 Å². The lowest BCUT2D eigenvalue weighted by molar-refractivity contribution is -0.140. The number of likely N-dealkylation sites (tertiary alicyclic amines) is 1. The van der Waals surface area contributed by atoms with E-state index in [0.29, 0.717) is 30.0 Å². The minimum Gasteiger partial charge on any atom is -0.507 e. The Morgan fingerprint density at radius 3 is 2.50 bits per heavy atom. The van der Waals surface area contributed by atoms with E-state index in [1.54, 1.807) is 25.1 Å². The Morgan fingerprint density at radius 2 is 1.82 bits per heavy atom. The molecule has 0 bridgehead atoms. The number of amides is 1. The Morgan fingerprint density at radius 1 is 1.07 bits per heavy atom. The van der Waals surface area contributed by atoms with Gasteiger partial charge in [-0.15, -0.1) is 0 Å². The van der Waals surface area contributed by atoms with Crippen LogP contribution in [0.4, 0.5) is 0 Å². The molecule has 1 N–H and O–H groups in total. The molecule has 1 atom stereocenters. The van der Waals surface area contributed by atoms with E-state index in [9.17, 15) is 14.7 Å². The number of carbonyl (C=O) groups is 2. The first-order chi connectivity index (χ1) is 13.5. The number of hydrogen-bond donors (Lipinski definition) is 1. The number of ketones is 1. The summed E-state index contributed by atoms with van der Waals surface area (Å²) in [6, 6.07) is 16.1. The predicted octanol–water partition coefficient (Wildman–Crippen LogP) is 4.57. The molecule has 2 aromatic carbocycles. The molecule has 3 aromatic rings. The van der Waals surface area contributed by atoms with Crippen molar-refractivity contribution in [1.82, 2.24) is 4.90 Å². The number of nitrogens with zero attached hydrogens (tertiary/aromatic N) is 1. The number of benzene rings is 2. The summed E-state index contributed by atoms with van der Waals surface area (Å²) < 4.78 is 5.74. The fourth-order valence-electron chi connectivity index (χ4n) is 3.74. The number of aryl methyl sites for hydroxylation is 1. The van der Waals surface area contributed by atoms with Gasteiger partial charge in [0, 0.05) is 12.1 Å². The summed E-state index contributed by atoms with van der Waals surface area (Å²) in [5.41, 5.74) is 0.574. The Hall–Kier alpha value is -3.34. The number of carbonyl (C=O) groups excluding carboxylic acids is 2. The van der Waals surface area contributed by atoms with Crippen molar-refractivity contribution in [3.8, 4) is 0 Å². The maximum Gasteiger partial charge on any atom is 0.295 e. The first-order valence-corrected chi connectivity index (χ1v) is 9.35. The van der Waals surface area contributed by atoms with E-state index in [1.165, 1.54) is 4.90 Å². The van der Waals surface area contributed by atoms with Gasteiger partial charge in [0.2, 0.25) is 0 Å². The van der Waals surface area contributed by atoms with Gasteiger partial charge in [0.15, 0.2) is 0 Å². The van der Waals surface area contributed by atoms with Crippen LogP contribution >= 0.6 is 0 Å². The highest BCUT2D eigenvalue weighted by Crippen LogP contribution is 2.40. The van der Waals surface area contributed by atoms with Gasteiger partial charge in [-0.25, -0.2) is 0 Å². The van der Waals surface area contributed by atoms with Crippen LogP contribution in [0.1, 0.15) is 36.5 Å². The summed E-state index contributed by atoms with van der Waals surface area (Å²) in [6.07, 6.45) is 0.694. The highest BCUT2D eigenvalue weighted by atomic mass is 16.3. The van der Waals surface area contributed by atoms with E-state index in [-0.39, 0.29) is 11.3 Å². The predicted molar refractivity (Wildman–Crippen MR) is 107 cm³/mol. The van der Waals surface area contributed by atoms with Gasteiger partial charge in [0.25, 0.3) is 11.7 Å². The second kappa shape index (κ2) is 7.00. The van der Waals surface area contributed by atoms with Crippen molar-refractivity contribution in [3.05, 3.63) is 77.3 Å². The molecular weight excluding hydrogens is 354 g/mol. The van der Waals surface area contributed by atoms with Gasteiger partial charge in [0.05, 0.1) is 5.57 Å². The summed E-state index contributed by atoms with van der Waals surface area (Å²) in [7, 11) is 0. The van der Waals surface area contributed by atoms with Crippen LogP contribution in [-0.2, 0) is 9.59 Å². The Balaban J connectivity index is 1.89. The SMILES string of the molecule is CCCN1C(=O)C(=O)/C(=C(\O)c2ccc3ccccc3c2)C1c1ccc(C)o1. The minimum absolute atomic E-state index is 0.0723. The lowest BCUT2D eigenvalue weighted by Crippen LogP contribution is -2.30. The molecule has 5 nitrogen and oxygen atoms in total. The Labute approximate surface area is 162 Å². The molecule has 1 aliphatic rings. The van der Waals surface area contributed by atoms with E-state index in [1.807, 2.05) is 43.3 Å². The summed E-state index contributed by atoms with van der Waals surface area (Å²) in [5, 5.41) is 13.0. The van der Waals surface area contributed by atoms with E-state index < -0.39 is 17.7 Å². The number of aliphatic hydroxyl groups is 1. The molecule has 4 rings (SSSR count). The minimum atomic E-state index is -0.722. The maximum absolute atomic E-state index is 12.8. The number of aliphatic hydroxyl groups excluding tert-OH is 1. The van der Waals surface area contributed by atoms with Crippen LogP contribution in [0, 0.1) is 6.92 Å². The average Bonchev–Trinajstić information content (AvgIpc) is 3.23. The third-order valence-electron chi connectivity index (χ3n) is 5.06. The molecule has 1 aliphatic heterocycles. The molecule has 142 valence electrons. The van der Waals surface area contributed by atoms with Crippen molar-refractivity contribution in [3.63, 3.8) is 0 Å². The van der Waals surface area contributed by atoms with Crippen molar-refractivity contribution < 1.29 is 19.1 Å². The van der Waals surface area contributed by atoms with Gasteiger partial charge in [-0.05, 0) is 42.3 Å². The Kier molecular flexibility index (Phi) is 4.51. The average molecular weight is 375 g/mol. The topological polar surface area (TPSA) is 70.8 Å². The molecule has 1 amide bonds. The van der Waals surface area contributed by atoms with Gasteiger partial charge in [-0.3, -0.25) is 9.59 Å². The molecule has 0 radical (unpaired) electrons. The molecule has 0 spiro atoms. The number of rotatable bonds is 4. The second-order valence-electron chi connectivity index (χ2n) is 7.00. The zero-order valence-electron chi connectivity index (χ0n) is 15.8. The van der Waals surface area contributed by atoms with E-state index in [0.717, 1.165) is 10.8 Å². The van der Waals surface area contributed by atoms with E-state index >= 15 is 0 Å². The number of furan rings is 1. The molecular formula is C23H21NO4. The van der Waals surface area contributed by atoms with Crippen LogP contribution in [0.2, 0.25) is 0 Å². The van der Waals surface area contributed by atoms with E-state index in [4.69, 9.17) is 4.42 Å². The first kappa shape index (κ1) is 18.0. The summed E-state index contributed by atoms with van der Waals surface area (Å²) in [5.74, 6) is -0.307. The largest absolute Gasteiger partial charge is 0.507 e. The molecule has 1 aromatic heterocycles. The molecule has 2 heterocycles. The normalized spacial score (nSPS) is 18.9. The number of fused-ring (bicyclic) bond motifs is 1. The fourth-order valence-corrected chi connectivity index (χ4v) is 3.74. The number of hydrogen-bond acceptors (Lipinski definition) is 4. The fraction of sp³-hybridized carbons (Fsp3) is 0.217. The van der Waals surface area contributed by atoms with E-state index in [2.05, 4.69) is 0 Å². The monoisotopic (exact) mass is 375 g/mol. The van der Waals surface area contributed by atoms with Crippen molar-refractivity contribution in [1.29, 1.82) is 0 Å². The van der Waals surface area contributed by atoms with Crippen molar-refractivity contribution >= 4 is 28.2 Å². The summed E-state index contributed by atoms with van der Waals surface area (Å²) >= 11 is 0. The quantitative estimate of drug-likeness (QED) is 0.412. The van der Waals surface area contributed by atoms with Gasteiger partial charge in [-0.2, -0.15) is 0 Å². The van der Waals surface area contributed by atoms with Crippen LogP contribution in [0.15, 0.2) is 64.6 Å². The van der Waals surface area contributed by atoms with Crippen LogP contribution in [-0.4, -0.2) is 28.2 Å². The van der Waals surface area contributed by atoms with Gasteiger partial charge in [-0.1, -0.05) is 43.3 Å². The molecule has 5 heteroatoms. The molecule has 1 fully saturated rings. The molecule has 0 saturated carbocycles. The molecule has 1 saturated heterocycles. The molecule has 28 heavy (non-hydrogen) atoms. The lowest BCUT2D eigenvalue weighted by Gasteiger charge is -2.22. The lowest BCUT2D eigenvalue weighted by atomic mass is 9.97. The van der Waals surface area contributed by atoms with Crippen molar-refractivity contribution in [2.24, 2.45) is 0 Å². The highest BCUT2D eigenvalue weighted by molar-refractivity contribution is 6.46. The zero-order valence-corrected chi connectivity index (χ0v) is 15.8. The zero-order chi connectivity index (χ0) is 19.8. The third-order valence-corrected chi connectivity index (χ3v) is 5.06. The smallest absolute Gasteiger partial charge is 0.295 e. The van der Waals surface area contributed by atoms with Gasteiger partial charge in [0.1, 0.15) is 23.3 Å². The van der Waals surface area contributed by atoms with Gasteiger partial charge < -0.3 is 14.4 Å². The molecule has 0 aliphatic carbocycles. The van der Waals surface area contributed by atoms with Gasteiger partial charge >= 0.3 is 0 Å². The molecule has 1 unspecified atom stereocenters. The highest BCUT2D eigenvalue weighted by Gasteiger charge is 2.47. The second-order valence-corrected chi connectivity index (χ2v) is 7.00. The third kappa shape index (κ3) is 2.89. The van der Waals surface area contributed by atoms with Crippen LogP contribution in [0.3, 0.4) is 0 Å². The van der Waals surface area contributed by atoms with Crippen LogP contribution < -0.4 is 0 Å². The summed E-state index contributed by atoms with van der Waals surface area (Å²) in [4.78, 5) is 26.9. The van der Waals surface area contributed by atoms with Crippen molar-refractivity contribution in [2.45, 2.75) is 26.3 Å². The standard InChI is InChI=1S/C23H21NO4/c1-3-12-24-20(18-11-8-14(2)28-18)19(22(26)23(24)27)21(25)17-10-9-15-6-4-5-7-16(15)13-17/h4-11,13,20,25H,3,12H2,1-2H3/b21-19-. The number of Topliss-reactive ketones (excluding diaryl/α,β-unsaturated/α-hetero) is 1. The Bertz CT molecular complexity index is 1110. The maximum atomic E-state index is 12.8. The van der Waals surface area contributed by atoms with Crippen LogP contribution in [0.5, 0.6) is 0 Å². The van der Waals surface area contributed by atoms with Crippen LogP contribution in [0.25, 0.3) is 16.5 Å².